The van der Waals surface area contributed by atoms with Gasteiger partial charge in [0.05, 0.1) is 15.1 Å². The third kappa shape index (κ3) is 2.83. The third-order valence-electron chi connectivity index (χ3n) is 2.57. The van der Waals surface area contributed by atoms with Gasteiger partial charge >= 0.3 is 0 Å². The highest BCUT2D eigenvalue weighted by atomic mass is 35.5. The minimum absolute atomic E-state index is 0.0273. The van der Waals surface area contributed by atoms with Gasteiger partial charge in [0.1, 0.15) is 5.82 Å². The van der Waals surface area contributed by atoms with Crippen molar-refractivity contribution in [2.75, 3.05) is 0 Å². The Morgan fingerprint density at radius 1 is 0.842 bits per heavy atom. The molecule has 0 spiro atoms. The molecule has 2 aromatic carbocycles. The Balaban J connectivity index is 2.65. The summed E-state index contributed by atoms with van der Waals surface area (Å²) in [6, 6.07) is 5.90. The van der Waals surface area contributed by atoms with Crippen LogP contribution in [0.5, 0.6) is 0 Å². The number of alkyl halides is 2. The van der Waals surface area contributed by atoms with Gasteiger partial charge in [-0.15, -0.1) is 0 Å². The van der Waals surface area contributed by atoms with Crippen LogP contribution in [0.4, 0.5) is 13.2 Å². The van der Waals surface area contributed by atoms with Crippen LogP contribution >= 0.6 is 34.8 Å². The normalized spacial score (nSPS) is 11.1. The summed E-state index contributed by atoms with van der Waals surface area (Å²) in [6.07, 6.45) is -2.69. The van der Waals surface area contributed by atoms with Crippen molar-refractivity contribution in [3.8, 4) is 11.1 Å². The summed E-state index contributed by atoms with van der Waals surface area (Å²) in [7, 11) is 0. The summed E-state index contributed by atoms with van der Waals surface area (Å²) in [5.41, 5.74) is -0.115. The number of benzene rings is 2. The molecular formula is C13H6Cl3F3. The molecule has 0 aliphatic rings. The zero-order valence-corrected chi connectivity index (χ0v) is 11.5. The van der Waals surface area contributed by atoms with E-state index < -0.39 is 12.2 Å². The van der Waals surface area contributed by atoms with Gasteiger partial charge in [-0.3, -0.25) is 0 Å². The van der Waals surface area contributed by atoms with Crippen LogP contribution in [0.3, 0.4) is 0 Å². The molecule has 0 radical (unpaired) electrons. The summed E-state index contributed by atoms with van der Waals surface area (Å²) in [4.78, 5) is 0. The number of rotatable bonds is 2. The fraction of sp³-hybridized carbons (Fsp3) is 0.0769. The van der Waals surface area contributed by atoms with Crippen molar-refractivity contribution in [3.63, 3.8) is 0 Å². The number of hydrogen-bond donors (Lipinski definition) is 0. The predicted octanol–water partition coefficient (Wildman–Crippen LogP) is 6.39. The Morgan fingerprint density at radius 2 is 1.53 bits per heavy atom. The van der Waals surface area contributed by atoms with Gasteiger partial charge in [-0.25, -0.2) is 13.2 Å². The average Bonchev–Trinajstić information content (AvgIpc) is 2.37. The van der Waals surface area contributed by atoms with Crippen LogP contribution in [0.1, 0.15) is 12.0 Å². The fourth-order valence-corrected chi connectivity index (χ4v) is 2.26. The van der Waals surface area contributed by atoms with Gasteiger partial charge in [0, 0.05) is 16.7 Å². The lowest BCUT2D eigenvalue weighted by atomic mass is 10.0. The molecule has 0 nitrogen and oxygen atoms in total. The SMILES string of the molecule is Fc1ccc(C(F)F)cc1-c1ccc(Cl)c(Cl)c1Cl. The molecule has 0 saturated carbocycles. The van der Waals surface area contributed by atoms with E-state index in [2.05, 4.69) is 0 Å². The molecule has 0 fully saturated rings. The van der Waals surface area contributed by atoms with E-state index in [1.807, 2.05) is 0 Å². The molecule has 2 rings (SSSR count). The van der Waals surface area contributed by atoms with Crippen molar-refractivity contribution >= 4 is 34.8 Å². The van der Waals surface area contributed by atoms with Crippen LogP contribution in [-0.4, -0.2) is 0 Å². The van der Waals surface area contributed by atoms with Crippen molar-refractivity contribution in [1.29, 1.82) is 0 Å². The van der Waals surface area contributed by atoms with E-state index in [1.54, 1.807) is 0 Å². The quantitative estimate of drug-likeness (QED) is 0.561. The van der Waals surface area contributed by atoms with Crippen LogP contribution in [0.15, 0.2) is 30.3 Å². The van der Waals surface area contributed by atoms with E-state index in [-0.39, 0.29) is 31.8 Å². The Labute approximate surface area is 122 Å². The maximum Gasteiger partial charge on any atom is 0.263 e. The van der Waals surface area contributed by atoms with Crippen molar-refractivity contribution in [2.24, 2.45) is 0 Å². The topological polar surface area (TPSA) is 0 Å². The molecule has 0 N–H and O–H groups in total. The Hall–Kier alpha value is -0.900. The lowest BCUT2D eigenvalue weighted by molar-refractivity contribution is 0.151. The highest BCUT2D eigenvalue weighted by molar-refractivity contribution is 6.49. The number of halogens is 6. The largest absolute Gasteiger partial charge is 0.263 e. The van der Waals surface area contributed by atoms with E-state index in [0.29, 0.717) is 0 Å². The molecule has 2 aromatic rings. The van der Waals surface area contributed by atoms with E-state index in [9.17, 15) is 13.2 Å². The molecule has 0 atom stereocenters. The minimum atomic E-state index is -2.69. The van der Waals surface area contributed by atoms with Gasteiger partial charge < -0.3 is 0 Å². The molecule has 100 valence electrons. The second kappa shape index (κ2) is 5.61. The first-order chi connectivity index (χ1) is 8.91. The molecule has 0 heterocycles. The van der Waals surface area contributed by atoms with Gasteiger partial charge in [0.15, 0.2) is 0 Å². The molecule has 0 unspecified atom stereocenters. The lowest BCUT2D eigenvalue weighted by Crippen LogP contribution is -1.91. The summed E-state index contributed by atoms with van der Waals surface area (Å²) in [5.74, 6) is -0.662. The smallest absolute Gasteiger partial charge is 0.206 e. The Kier molecular flexibility index (Phi) is 4.29. The third-order valence-corrected chi connectivity index (χ3v) is 3.86. The van der Waals surface area contributed by atoms with E-state index in [1.165, 1.54) is 12.1 Å². The summed E-state index contributed by atoms with van der Waals surface area (Å²) in [6.45, 7) is 0. The summed E-state index contributed by atoms with van der Waals surface area (Å²) >= 11 is 17.6. The van der Waals surface area contributed by atoms with E-state index in [0.717, 1.165) is 18.2 Å². The van der Waals surface area contributed by atoms with Crippen LogP contribution in [0.2, 0.25) is 15.1 Å². The maximum atomic E-state index is 13.8. The van der Waals surface area contributed by atoms with Gasteiger partial charge in [0.2, 0.25) is 0 Å². The van der Waals surface area contributed by atoms with Crippen molar-refractivity contribution < 1.29 is 13.2 Å². The standard InChI is InChI=1S/C13H6Cl3F3/c14-9-3-2-7(11(15)12(9)16)8-5-6(13(18)19)1-4-10(8)17/h1-5,13H. The monoisotopic (exact) mass is 324 g/mol. The van der Waals surface area contributed by atoms with Gasteiger partial charge in [-0.05, 0) is 18.2 Å². The average molecular weight is 326 g/mol. The van der Waals surface area contributed by atoms with E-state index >= 15 is 0 Å². The van der Waals surface area contributed by atoms with Crippen LogP contribution in [-0.2, 0) is 0 Å². The number of hydrogen-bond acceptors (Lipinski definition) is 0. The molecule has 6 heteroatoms. The van der Waals surface area contributed by atoms with E-state index in [4.69, 9.17) is 34.8 Å². The van der Waals surface area contributed by atoms with Crippen molar-refractivity contribution in [1.82, 2.24) is 0 Å². The Bertz CT molecular complexity index is 627. The second-order valence-electron chi connectivity index (χ2n) is 3.76. The maximum absolute atomic E-state index is 13.8. The van der Waals surface area contributed by atoms with Gasteiger partial charge in [-0.1, -0.05) is 46.9 Å². The lowest BCUT2D eigenvalue weighted by Gasteiger charge is -2.10. The van der Waals surface area contributed by atoms with Crippen LogP contribution in [0, 0.1) is 5.82 Å². The molecule has 19 heavy (non-hydrogen) atoms. The first-order valence-corrected chi connectivity index (χ1v) is 6.26. The predicted molar refractivity (Wildman–Crippen MR) is 71.8 cm³/mol. The van der Waals surface area contributed by atoms with Gasteiger partial charge in [0.25, 0.3) is 6.43 Å². The molecule has 0 aliphatic heterocycles. The zero-order valence-electron chi connectivity index (χ0n) is 9.23. The fourth-order valence-electron chi connectivity index (χ4n) is 1.62. The minimum Gasteiger partial charge on any atom is -0.206 e. The van der Waals surface area contributed by atoms with Crippen LogP contribution in [0.25, 0.3) is 11.1 Å². The summed E-state index contributed by atoms with van der Waals surface area (Å²) in [5, 5.41) is 0.294. The zero-order chi connectivity index (χ0) is 14.2. The molecular weight excluding hydrogens is 319 g/mol. The molecule has 0 saturated heterocycles. The molecule has 0 amide bonds. The van der Waals surface area contributed by atoms with Crippen molar-refractivity contribution in [3.05, 3.63) is 56.8 Å². The highest BCUT2D eigenvalue weighted by Gasteiger charge is 2.16. The molecule has 0 aliphatic carbocycles. The van der Waals surface area contributed by atoms with Crippen molar-refractivity contribution in [2.45, 2.75) is 6.43 Å². The summed E-state index contributed by atoms with van der Waals surface area (Å²) < 4.78 is 39.0. The first kappa shape index (κ1) is 14.5. The van der Waals surface area contributed by atoms with Crippen LogP contribution < -0.4 is 0 Å². The molecule has 0 bridgehead atoms. The molecule has 0 aromatic heterocycles. The Morgan fingerprint density at radius 3 is 2.16 bits per heavy atom. The second-order valence-corrected chi connectivity index (χ2v) is 4.93. The first-order valence-electron chi connectivity index (χ1n) is 5.13. The highest BCUT2D eigenvalue weighted by Crippen LogP contribution is 2.39. The van der Waals surface area contributed by atoms with Gasteiger partial charge in [-0.2, -0.15) is 0 Å².